The SMILES string of the molecule is Cc1ccccc1C(N)CN1CCn2cnnc2C1. The Bertz CT molecular complexity index is 562. The van der Waals surface area contributed by atoms with Crippen LogP contribution in [0.15, 0.2) is 30.6 Å². The number of aryl methyl sites for hydroxylation is 1. The van der Waals surface area contributed by atoms with Gasteiger partial charge in [0.15, 0.2) is 0 Å². The first-order valence-corrected chi connectivity index (χ1v) is 6.64. The normalized spacial score (nSPS) is 17.2. The second-order valence-corrected chi connectivity index (χ2v) is 5.14. The molecule has 1 atom stereocenters. The maximum atomic E-state index is 6.34. The molecule has 2 aromatic rings. The first-order chi connectivity index (χ1) is 9.24. The Morgan fingerprint density at radius 2 is 2.16 bits per heavy atom. The molecule has 1 aromatic heterocycles. The van der Waals surface area contributed by atoms with Crippen molar-refractivity contribution in [2.75, 3.05) is 13.1 Å². The Morgan fingerprint density at radius 1 is 1.32 bits per heavy atom. The predicted molar refractivity (Wildman–Crippen MR) is 73.4 cm³/mol. The van der Waals surface area contributed by atoms with E-state index in [0.29, 0.717) is 0 Å². The van der Waals surface area contributed by atoms with Gasteiger partial charge in [-0.15, -0.1) is 10.2 Å². The van der Waals surface area contributed by atoms with Gasteiger partial charge in [-0.25, -0.2) is 0 Å². The monoisotopic (exact) mass is 257 g/mol. The van der Waals surface area contributed by atoms with Gasteiger partial charge in [0.1, 0.15) is 12.2 Å². The number of hydrogen-bond acceptors (Lipinski definition) is 4. The average Bonchev–Trinajstić information content (AvgIpc) is 2.86. The molecule has 0 saturated carbocycles. The van der Waals surface area contributed by atoms with E-state index in [-0.39, 0.29) is 6.04 Å². The number of fused-ring (bicyclic) bond motifs is 1. The van der Waals surface area contributed by atoms with Gasteiger partial charge in [0, 0.05) is 25.7 Å². The molecule has 3 rings (SSSR count). The molecule has 0 amide bonds. The van der Waals surface area contributed by atoms with Crippen molar-refractivity contribution in [3.63, 3.8) is 0 Å². The highest BCUT2D eigenvalue weighted by Gasteiger charge is 2.20. The summed E-state index contributed by atoms with van der Waals surface area (Å²) in [5, 5.41) is 8.08. The van der Waals surface area contributed by atoms with E-state index in [0.717, 1.165) is 32.0 Å². The summed E-state index contributed by atoms with van der Waals surface area (Å²) in [6, 6.07) is 8.38. The number of rotatable bonds is 3. The summed E-state index contributed by atoms with van der Waals surface area (Å²) in [6.07, 6.45) is 1.80. The Labute approximate surface area is 113 Å². The Morgan fingerprint density at radius 3 is 3.00 bits per heavy atom. The summed E-state index contributed by atoms with van der Waals surface area (Å²) in [4.78, 5) is 2.35. The van der Waals surface area contributed by atoms with Crippen molar-refractivity contribution < 1.29 is 0 Å². The second-order valence-electron chi connectivity index (χ2n) is 5.14. The third-order valence-corrected chi connectivity index (χ3v) is 3.76. The van der Waals surface area contributed by atoms with Gasteiger partial charge in [-0.2, -0.15) is 0 Å². The Balaban J connectivity index is 1.68. The predicted octanol–water partition coefficient (Wildman–Crippen LogP) is 1.10. The summed E-state index contributed by atoms with van der Waals surface area (Å²) in [7, 11) is 0. The zero-order valence-corrected chi connectivity index (χ0v) is 11.2. The molecule has 0 spiro atoms. The van der Waals surface area contributed by atoms with Crippen LogP contribution in [0.2, 0.25) is 0 Å². The van der Waals surface area contributed by atoms with Crippen LogP contribution in [0.3, 0.4) is 0 Å². The molecule has 100 valence electrons. The molecule has 1 aliphatic rings. The highest BCUT2D eigenvalue weighted by molar-refractivity contribution is 5.28. The molecule has 19 heavy (non-hydrogen) atoms. The first kappa shape index (κ1) is 12.3. The highest BCUT2D eigenvalue weighted by atomic mass is 15.3. The van der Waals surface area contributed by atoms with Crippen LogP contribution in [0.4, 0.5) is 0 Å². The van der Waals surface area contributed by atoms with E-state index in [1.54, 1.807) is 6.33 Å². The third-order valence-electron chi connectivity index (χ3n) is 3.76. The smallest absolute Gasteiger partial charge is 0.147 e. The van der Waals surface area contributed by atoms with E-state index < -0.39 is 0 Å². The van der Waals surface area contributed by atoms with Crippen LogP contribution in [-0.2, 0) is 13.1 Å². The van der Waals surface area contributed by atoms with Crippen LogP contribution in [0.25, 0.3) is 0 Å². The third kappa shape index (κ3) is 2.52. The van der Waals surface area contributed by atoms with E-state index in [1.807, 2.05) is 0 Å². The van der Waals surface area contributed by atoms with Crippen molar-refractivity contribution in [2.24, 2.45) is 5.73 Å². The molecule has 0 fully saturated rings. The standard InChI is InChI=1S/C14H19N5/c1-11-4-2-3-5-12(11)13(15)8-18-6-7-19-10-16-17-14(19)9-18/h2-5,10,13H,6-9,15H2,1H3. The zero-order valence-electron chi connectivity index (χ0n) is 11.2. The topological polar surface area (TPSA) is 60.0 Å². The van der Waals surface area contributed by atoms with Gasteiger partial charge in [-0.1, -0.05) is 24.3 Å². The lowest BCUT2D eigenvalue weighted by Crippen LogP contribution is -2.38. The van der Waals surface area contributed by atoms with Crippen LogP contribution < -0.4 is 5.73 Å². The van der Waals surface area contributed by atoms with Crippen LogP contribution in [0.5, 0.6) is 0 Å². The van der Waals surface area contributed by atoms with Gasteiger partial charge in [0.2, 0.25) is 0 Å². The van der Waals surface area contributed by atoms with Crippen molar-refractivity contribution >= 4 is 0 Å². The van der Waals surface area contributed by atoms with E-state index in [2.05, 4.69) is 50.9 Å². The molecule has 2 heterocycles. The molecule has 5 nitrogen and oxygen atoms in total. The van der Waals surface area contributed by atoms with Crippen LogP contribution >= 0.6 is 0 Å². The van der Waals surface area contributed by atoms with Crippen LogP contribution in [0, 0.1) is 6.92 Å². The fourth-order valence-electron chi connectivity index (χ4n) is 2.65. The summed E-state index contributed by atoms with van der Waals surface area (Å²) in [6.45, 7) is 5.76. The van der Waals surface area contributed by atoms with E-state index in [9.17, 15) is 0 Å². The van der Waals surface area contributed by atoms with Gasteiger partial charge < -0.3 is 10.3 Å². The average molecular weight is 257 g/mol. The summed E-state index contributed by atoms with van der Waals surface area (Å²) >= 11 is 0. The summed E-state index contributed by atoms with van der Waals surface area (Å²) < 4.78 is 2.11. The molecule has 0 aliphatic carbocycles. The molecule has 1 aliphatic heterocycles. The lowest BCUT2D eigenvalue weighted by molar-refractivity contribution is 0.205. The Kier molecular flexibility index (Phi) is 3.31. The fourth-order valence-corrected chi connectivity index (χ4v) is 2.65. The van der Waals surface area contributed by atoms with Gasteiger partial charge in [-0.3, -0.25) is 4.90 Å². The maximum absolute atomic E-state index is 6.34. The van der Waals surface area contributed by atoms with Gasteiger partial charge in [-0.05, 0) is 18.1 Å². The van der Waals surface area contributed by atoms with Crippen molar-refractivity contribution in [1.29, 1.82) is 0 Å². The molecular formula is C14H19N5. The first-order valence-electron chi connectivity index (χ1n) is 6.64. The number of benzene rings is 1. The molecular weight excluding hydrogens is 238 g/mol. The molecule has 2 N–H and O–H groups in total. The maximum Gasteiger partial charge on any atom is 0.147 e. The van der Waals surface area contributed by atoms with Gasteiger partial charge >= 0.3 is 0 Å². The fraction of sp³-hybridized carbons (Fsp3) is 0.429. The van der Waals surface area contributed by atoms with E-state index in [4.69, 9.17) is 5.73 Å². The Hall–Kier alpha value is -1.72. The molecule has 0 radical (unpaired) electrons. The summed E-state index contributed by atoms with van der Waals surface area (Å²) in [5.41, 5.74) is 8.83. The largest absolute Gasteiger partial charge is 0.323 e. The molecule has 1 aromatic carbocycles. The number of nitrogens with zero attached hydrogens (tertiary/aromatic N) is 4. The molecule has 1 unspecified atom stereocenters. The quantitative estimate of drug-likeness (QED) is 0.894. The van der Waals surface area contributed by atoms with Crippen molar-refractivity contribution in [3.05, 3.63) is 47.5 Å². The van der Waals surface area contributed by atoms with E-state index in [1.165, 1.54) is 11.1 Å². The van der Waals surface area contributed by atoms with Gasteiger partial charge in [0.25, 0.3) is 0 Å². The van der Waals surface area contributed by atoms with Crippen molar-refractivity contribution in [2.45, 2.75) is 26.1 Å². The highest BCUT2D eigenvalue weighted by Crippen LogP contribution is 2.18. The molecule has 0 saturated heterocycles. The lowest BCUT2D eigenvalue weighted by atomic mass is 10.0. The minimum absolute atomic E-state index is 0.0515. The second kappa shape index (κ2) is 5.11. The molecule has 5 heteroatoms. The molecule has 0 bridgehead atoms. The van der Waals surface area contributed by atoms with Gasteiger partial charge in [0.05, 0.1) is 6.54 Å². The zero-order chi connectivity index (χ0) is 13.2. The lowest BCUT2D eigenvalue weighted by Gasteiger charge is -2.29. The van der Waals surface area contributed by atoms with Crippen molar-refractivity contribution in [3.8, 4) is 0 Å². The minimum atomic E-state index is 0.0515. The number of aromatic nitrogens is 3. The minimum Gasteiger partial charge on any atom is -0.323 e. The van der Waals surface area contributed by atoms with E-state index >= 15 is 0 Å². The number of hydrogen-bond donors (Lipinski definition) is 1. The van der Waals surface area contributed by atoms with Crippen LogP contribution in [0.1, 0.15) is 23.0 Å². The van der Waals surface area contributed by atoms with Crippen molar-refractivity contribution in [1.82, 2.24) is 19.7 Å². The van der Waals surface area contributed by atoms with Crippen LogP contribution in [-0.4, -0.2) is 32.8 Å². The number of nitrogens with two attached hydrogens (primary N) is 1. The summed E-state index contributed by atoms with van der Waals surface area (Å²) in [5.74, 6) is 1.03.